The molecule has 0 radical (unpaired) electrons. The van der Waals surface area contributed by atoms with Gasteiger partial charge in [0.2, 0.25) is 11.5 Å². The van der Waals surface area contributed by atoms with Crippen LogP contribution in [0.5, 0.6) is 5.75 Å². The van der Waals surface area contributed by atoms with Crippen molar-refractivity contribution in [1.82, 2.24) is 14.5 Å². The number of phenols is 1. The molecule has 0 aliphatic rings. The summed E-state index contributed by atoms with van der Waals surface area (Å²) in [4.78, 5) is 16.8. The second-order valence-electron chi connectivity index (χ2n) is 5.78. The van der Waals surface area contributed by atoms with E-state index in [4.69, 9.17) is 0 Å². The number of carbonyl (C=O) groups excluding carboxylic acids is 1. The summed E-state index contributed by atoms with van der Waals surface area (Å²) in [5.74, 6) is -1.67. The minimum atomic E-state index is -5.09. The van der Waals surface area contributed by atoms with E-state index in [1.165, 1.54) is 26.4 Å². The van der Waals surface area contributed by atoms with Crippen LogP contribution in [0.2, 0.25) is 0 Å². The third-order valence-corrected chi connectivity index (χ3v) is 3.89. The number of aromatic nitrogens is 2. The zero-order valence-corrected chi connectivity index (χ0v) is 13.7. The van der Waals surface area contributed by atoms with Gasteiger partial charge in [0.1, 0.15) is 5.75 Å². The van der Waals surface area contributed by atoms with Crippen LogP contribution in [0.1, 0.15) is 17.8 Å². The lowest BCUT2D eigenvalue weighted by molar-refractivity contribution is -0.271. The van der Waals surface area contributed by atoms with Crippen LogP contribution >= 0.6 is 0 Å². The largest absolute Gasteiger partial charge is 0.508 e. The lowest BCUT2D eigenvalue weighted by atomic mass is 9.96. The summed E-state index contributed by atoms with van der Waals surface area (Å²) in [5, 5.41) is 19.9. The van der Waals surface area contributed by atoms with Crippen LogP contribution in [-0.4, -0.2) is 43.8 Å². The second-order valence-corrected chi connectivity index (χ2v) is 5.78. The van der Waals surface area contributed by atoms with Gasteiger partial charge in [-0.05, 0) is 6.07 Å². The summed E-state index contributed by atoms with van der Waals surface area (Å²) in [7, 11) is 2.60. The average Bonchev–Trinajstić information content (AvgIpc) is 2.94. The van der Waals surface area contributed by atoms with E-state index >= 15 is 0 Å². The number of para-hydroxylation sites is 1. The van der Waals surface area contributed by atoms with Gasteiger partial charge in [-0.15, -0.1) is 0 Å². The van der Waals surface area contributed by atoms with E-state index in [-0.39, 0.29) is 12.3 Å². The molecule has 0 fully saturated rings. The number of halogens is 3. The number of rotatable bonds is 5. The fraction of sp³-hybridized carbons (Fsp3) is 0.375. The standard InChI is InChI=1S/C16H18F3N3O3/c1-21-8-7-20-14(21)15(25,16(17,18)19)9-13(24)22(2)10-11-5-3-4-6-12(11)23/h3-8,23,25H,9-10H2,1-2H3. The van der Waals surface area contributed by atoms with Gasteiger partial charge in [-0.1, -0.05) is 18.2 Å². The summed E-state index contributed by atoms with van der Waals surface area (Å²) >= 11 is 0. The highest BCUT2D eigenvalue weighted by molar-refractivity contribution is 5.77. The van der Waals surface area contributed by atoms with E-state index < -0.39 is 29.9 Å². The van der Waals surface area contributed by atoms with Gasteiger partial charge in [0.25, 0.3) is 0 Å². The number of aryl methyl sites for hydroxylation is 1. The summed E-state index contributed by atoms with van der Waals surface area (Å²) in [6.45, 7) is -0.0972. The molecule has 6 nitrogen and oxygen atoms in total. The number of aliphatic hydroxyl groups is 1. The van der Waals surface area contributed by atoms with Gasteiger partial charge < -0.3 is 19.7 Å². The molecule has 1 amide bonds. The Labute approximate surface area is 142 Å². The first-order chi connectivity index (χ1) is 11.6. The number of amides is 1. The summed E-state index contributed by atoms with van der Waals surface area (Å²) in [6.07, 6.45) is -3.94. The molecule has 136 valence electrons. The summed E-state index contributed by atoms with van der Waals surface area (Å²) < 4.78 is 41.4. The Morgan fingerprint density at radius 2 is 1.96 bits per heavy atom. The van der Waals surface area contributed by atoms with E-state index in [1.807, 2.05) is 0 Å². The molecular formula is C16H18F3N3O3. The molecule has 9 heteroatoms. The Morgan fingerprint density at radius 1 is 1.32 bits per heavy atom. The van der Waals surface area contributed by atoms with Crippen molar-refractivity contribution in [2.75, 3.05) is 7.05 Å². The first-order valence-corrected chi connectivity index (χ1v) is 7.34. The second kappa shape index (κ2) is 6.75. The number of phenolic OH excluding ortho intramolecular Hbond substituents is 1. The molecule has 1 heterocycles. The zero-order valence-electron chi connectivity index (χ0n) is 13.7. The van der Waals surface area contributed by atoms with Gasteiger partial charge >= 0.3 is 6.18 Å². The lowest BCUT2D eigenvalue weighted by Crippen LogP contribution is -2.48. The van der Waals surface area contributed by atoms with Crippen LogP contribution in [0.3, 0.4) is 0 Å². The van der Waals surface area contributed by atoms with E-state index in [0.717, 1.165) is 15.7 Å². The molecule has 0 saturated carbocycles. The Hall–Kier alpha value is -2.55. The Morgan fingerprint density at radius 3 is 2.48 bits per heavy atom. The van der Waals surface area contributed by atoms with Crippen LogP contribution in [0.4, 0.5) is 13.2 Å². The number of hydrogen-bond acceptors (Lipinski definition) is 4. The van der Waals surface area contributed by atoms with Gasteiger partial charge in [-0.2, -0.15) is 13.2 Å². The van der Waals surface area contributed by atoms with Crippen LogP contribution in [0.25, 0.3) is 0 Å². The number of nitrogens with zero attached hydrogens (tertiary/aromatic N) is 3. The number of aromatic hydroxyl groups is 1. The van der Waals surface area contributed by atoms with E-state index in [1.54, 1.807) is 18.2 Å². The van der Waals surface area contributed by atoms with Crippen LogP contribution < -0.4 is 0 Å². The Bertz CT molecular complexity index is 760. The molecule has 1 unspecified atom stereocenters. The number of alkyl halides is 3. The van der Waals surface area contributed by atoms with Gasteiger partial charge in [0, 0.05) is 38.6 Å². The average molecular weight is 357 g/mol. The van der Waals surface area contributed by atoms with Crippen molar-refractivity contribution >= 4 is 5.91 Å². The molecule has 25 heavy (non-hydrogen) atoms. The van der Waals surface area contributed by atoms with E-state index in [2.05, 4.69) is 4.98 Å². The zero-order chi connectivity index (χ0) is 18.8. The first-order valence-electron chi connectivity index (χ1n) is 7.34. The number of carbonyl (C=O) groups is 1. The summed E-state index contributed by atoms with van der Waals surface area (Å²) in [5.41, 5.74) is -3.03. The molecule has 2 aromatic rings. The lowest BCUT2D eigenvalue weighted by Gasteiger charge is -2.31. The van der Waals surface area contributed by atoms with Crippen molar-refractivity contribution < 1.29 is 28.2 Å². The Kier molecular flexibility index (Phi) is 5.07. The van der Waals surface area contributed by atoms with Gasteiger partial charge in [-0.25, -0.2) is 4.98 Å². The molecule has 2 N–H and O–H groups in total. The quantitative estimate of drug-likeness (QED) is 0.857. The fourth-order valence-corrected chi connectivity index (χ4v) is 2.41. The van der Waals surface area contributed by atoms with Crippen molar-refractivity contribution in [3.8, 4) is 5.75 Å². The SMILES string of the molecule is CN(Cc1ccccc1O)C(=O)CC(O)(c1nccn1C)C(F)(F)F. The number of benzene rings is 1. The summed E-state index contributed by atoms with van der Waals surface area (Å²) in [6, 6.07) is 6.18. The molecular weight excluding hydrogens is 339 g/mol. The molecule has 1 aromatic carbocycles. The van der Waals surface area contributed by atoms with Crippen molar-refractivity contribution in [2.24, 2.45) is 7.05 Å². The highest BCUT2D eigenvalue weighted by atomic mass is 19.4. The maximum Gasteiger partial charge on any atom is 0.425 e. The van der Waals surface area contributed by atoms with E-state index in [0.29, 0.717) is 5.56 Å². The van der Waals surface area contributed by atoms with Gasteiger partial charge in [-0.3, -0.25) is 4.79 Å². The molecule has 1 atom stereocenters. The minimum absolute atomic E-state index is 0.0719. The maximum atomic E-state index is 13.4. The predicted octanol–water partition coefficient (Wildman–Crippen LogP) is 1.92. The first kappa shape index (κ1) is 18.8. The van der Waals surface area contributed by atoms with Crippen LogP contribution in [0.15, 0.2) is 36.7 Å². The van der Waals surface area contributed by atoms with Crippen molar-refractivity contribution in [3.63, 3.8) is 0 Å². The minimum Gasteiger partial charge on any atom is -0.508 e. The highest BCUT2D eigenvalue weighted by Gasteiger charge is 2.58. The van der Waals surface area contributed by atoms with E-state index in [9.17, 15) is 28.2 Å². The molecule has 2 rings (SSSR count). The third-order valence-electron chi connectivity index (χ3n) is 3.89. The van der Waals surface area contributed by atoms with Gasteiger partial charge in [0.15, 0.2) is 5.82 Å². The monoisotopic (exact) mass is 357 g/mol. The smallest absolute Gasteiger partial charge is 0.425 e. The molecule has 0 aliphatic carbocycles. The molecule has 0 aliphatic heterocycles. The van der Waals surface area contributed by atoms with Crippen molar-refractivity contribution in [3.05, 3.63) is 48.0 Å². The van der Waals surface area contributed by atoms with Crippen LogP contribution in [-0.2, 0) is 24.0 Å². The molecule has 0 spiro atoms. The molecule has 0 bridgehead atoms. The number of hydrogen-bond donors (Lipinski definition) is 2. The predicted molar refractivity (Wildman–Crippen MR) is 82.4 cm³/mol. The molecule has 0 saturated heterocycles. The normalized spacial score (nSPS) is 14.2. The van der Waals surface area contributed by atoms with Crippen LogP contribution in [0, 0.1) is 0 Å². The van der Waals surface area contributed by atoms with Gasteiger partial charge in [0.05, 0.1) is 6.42 Å². The van der Waals surface area contributed by atoms with Crippen molar-refractivity contribution in [2.45, 2.75) is 24.7 Å². The molecule has 1 aromatic heterocycles. The highest BCUT2D eigenvalue weighted by Crippen LogP contribution is 2.41. The topological polar surface area (TPSA) is 78.6 Å². The fourth-order valence-electron chi connectivity index (χ4n) is 2.41. The number of imidazole rings is 1. The van der Waals surface area contributed by atoms with Crippen molar-refractivity contribution in [1.29, 1.82) is 0 Å². The Balaban J connectivity index is 2.23. The third kappa shape index (κ3) is 3.76. The maximum absolute atomic E-state index is 13.4.